The van der Waals surface area contributed by atoms with E-state index in [1.165, 1.54) is 11.3 Å². The number of nitrogens with zero attached hydrogens (tertiary/aromatic N) is 1. The van der Waals surface area contributed by atoms with Gasteiger partial charge in [-0.05, 0) is 37.6 Å². The predicted molar refractivity (Wildman–Crippen MR) is 86.9 cm³/mol. The number of benzene rings is 1. The van der Waals surface area contributed by atoms with Gasteiger partial charge < -0.3 is 5.32 Å². The number of hydrogen-bond donors (Lipinski definition) is 2. The zero-order chi connectivity index (χ0) is 14.5. The van der Waals surface area contributed by atoms with Crippen LogP contribution in [0.1, 0.15) is 16.1 Å². The van der Waals surface area contributed by atoms with Crippen LogP contribution >= 0.6 is 27.3 Å². The van der Waals surface area contributed by atoms with Gasteiger partial charge in [0.05, 0.1) is 5.69 Å². The number of nitrogens with one attached hydrogen (secondary N) is 2. The second-order valence-electron chi connectivity index (χ2n) is 4.14. The lowest BCUT2D eigenvalue weighted by Crippen LogP contribution is -2.23. The summed E-state index contributed by atoms with van der Waals surface area (Å²) in [6.45, 7) is 3.89. The summed E-state index contributed by atoms with van der Waals surface area (Å²) in [4.78, 5) is 17.0. The van der Waals surface area contributed by atoms with E-state index in [2.05, 4.69) is 31.5 Å². The molecule has 6 heteroatoms. The molecule has 0 radical (unpaired) electrons. The van der Waals surface area contributed by atoms with Gasteiger partial charge in [0.2, 0.25) is 0 Å². The maximum atomic E-state index is 11.7. The summed E-state index contributed by atoms with van der Waals surface area (Å²) < 4.78 is 1.02. The highest BCUT2D eigenvalue weighted by molar-refractivity contribution is 9.10. The van der Waals surface area contributed by atoms with E-state index in [0.717, 1.165) is 20.6 Å². The van der Waals surface area contributed by atoms with E-state index in [0.29, 0.717) is 5.13 Å². The van der Waals surface area contributed by atoms with Crippen molar-refractivity contribution < 1.29 is 4.79 Å². The molecule has 0 saturated heterocycles. The highest BCUT2D eigenvalue weighted by Crippen LogP contribution is 2.20. The molecule has 0 unspecified atom stereocenters. The fraction of sp³-hybridized carbons (Fsp3) is 0.143. The average Bonchev–Trinajstić information content (AvgIpc) is 2.70. The van der Waals surface area contributed by atoms with E-state index >= 15 is 0 Å². The molecule has 20 heavy (non-hydrogen) atoms. The number of aromatic nitrogens is 1. The van der Waals surface area contributed by atoms with Gasteiger partial charge in [-0.3, -0.25) is 5.32 Å². The molecule has 2 aromatic rings. The molecule has 0 saturated carbocycles. The van der Waals surface area contributed by atoms with Crippen LogP contribution in [0.15, 0.2) is 34.9 Å². The van der Waals surface area contributed by atoms with E-state index in [1.807, 2.05) is 44.2 Å². The van der Waals surface area contributed by atoms with Crippen LogP contribution in [-0.4, -0.2) is 11.0 Å². The lowest BCUT2D eigenvalue weighted by Gasteiger charge is -2.00. The van der Waals surface area contributed by atoms with Crippen LogP contribution in [0.3, 0.4) is 0 Å². The predicted octanol–water partition coefficient (Wildman–Crippen LogP) is 4.31. The van der Waals surface area contributed by atoms with Gasteiger partial charge in [0.25, 0.3) is 0 Å². The molecule has 0 aliphatic rings. The number of anilines is 1. The zero-order valence-corrected chi connectivity index (χ0v) is 13.5. The summed E-state index contributed by atoms with van der Waals surface area (Å²) in [6, 6.07) is 7.50. The van der Waals surface area contributed by atoms with E-state index in [-0.39, 0.29) is 6.03 Å². The van der Waals surface area contributed by atoms with Crippen LogP contribution < -0.4 is 10.6 Å². The minimum absolute atomic E-state index is 0.299. The van der Waals surface area contributed by atoms with Crippen LogP contribution in [-0.2, 0) is 0 Å². The molecular formula is C14H14BrN3OS. The molecule has 0 spiro atoms. The first-order chi connectivity index (χ1) is 9.54. The Hall–Kier alpha value is -1.66. The van der Waals surface area contributed by atoms with Gasteiger partial charge in [0.15, 0.2) is 5.13 Å². The lowest BCUT2D eigenvalue weighted by molar-refractivity contribution is 0.255. The van der Waals surface area contributed by atoms with Crippen molar-refractivity contribution in [1.29, 1.82) is 0 Å². The third kappa shape index (κ3) is 4.18. The van der Waals surface area contributed by atoms with Crippen molar-refractivity contribution in [2.24, 2.45) is 0 Å². The summed E-state index contributed by atoms with van der Waals surface area (Å²) in [5, 5.41) is 5.95. The SMILES string of the molecule is Cc1nc(NC(=O)N/C=C/c2ccc(Br)cc2)sc1C. The molecule has 0 bridgehead atoms. The Kier molecular flexibility index (Phi) is 4.92. The fourth-order valence-electron chi connectivity index (χ4n) is 1.45. The molecule has 4 nitrogen and oxygen atoms in total. The molecule has 2 N–H and O–H groups in total. The molecule has 0 aliphatic heterocycles. The van der Waals surface area contributed by atoms with Gasteiger partial charge in [-0.2, -0.15) is 0 Å². The summed E-state index contributed by atoms with van der Waals surface area (Å²) in [7, 11) is 0. The van der Waals surface area contributed by atoms with E-state index < -0.39 is 0 Å². The number of carbonyl (C=O) groups is 1. The maximum Gasteiger partial charge on any atom is 0.325 e. The fourth-order valence-corrected chi connectivity index (χ4v) is 2.52. The Balaban J connectivity index is 1.87. The van der Waals surface area contributed by atoms with Crippen molar-refractivity contribution in [3.05, 3.63) is 51.1 Å². The average molecular weight is 352 g/mol. The molecule has 1 heterocycles. The molecule has 104 valence electrons. The Morgan fingerprint density at radius 2 is 2.00 bits per heavy atom. The number of thiazole rings is 1. The van der Waals surface area contributed by atoms with Gasteiger partial charge in [-0.15, -0.1) is 11.3 Å². The van der Waals surface area contributed by atoms with Crippen molar-refractivity contribution in [3.8, 4) is 0 Å². The third-order valence-corrected chi connectivity index (χ3v) is 4.13. The molecular weight excluding hydrogens is 338 g/mol. The second-order valence-corrected chi connectivity index (χ2v) is 6.26. The number of amides is 2. The van der Waals surface area contributed by atoms with Gasteiger partial charge in [-0.25, -0.2) is 9.78 Å². The second kappa shape index (κ2) is 6.67. The smallest absolute Gasteiger partial charge is 0.314 e. The minimum atomic E-state index is -0.299. The quantitative estimate of drug-likeness (QED) is 0.865. The summed E-state index contributed by atoms with van der Waals surface area (Å²) in [5.41, 5.74) is 1.95. The van der Waals surface area contributed by atoms with Crippen molar-refractivity contribution in [2.75, 3.05) is 5.32 Å². The summed E-state index contributed by atoms with van der Waals surface area (Å²) in [6.07, 6.45) is 3.43. The highest BCUT2D eigenvalue weighted by Gasteiger charge is 2.05. The zero-order valence-electron chi connectivity index (χ0n) is 11.1. The first-order valence-corrected chi connectivity index (χ1v) is 7.59. The Labute approximate surface area is 130 Å². The lowest BCUT2D eigenvalue weighted by atomic mass is 10.2. The number of hydrogen-bond acceptors (Lipinski definition) is 3. The normalized spacial score (nSPS) is 10.8. The first kappa shape index (κ1) is 14.7. The van der Waals surface area contributed by atoms with Gasteiger partial charge in [0.1, 0.15) is 0 Å². The van der Waals surface area contributed by atoms with E-state index in [4.69, 9.17) is 0 Å². The maximum absolute atomic E-state index is 11.7. The monoisotopic (exact) mass is 351 g/mol. The standard InChI is InChI=1S/C14H14BrN3OS/c1-9-10(2)20-14(17-9)18-13(19)16-8-7-11-3-5-12(15)6-4-11/h3-8H,1-2H3,(H2,16,17,18,19)/b8-7+. The van der Waals surface area contributed by atoms with Crippen LogP contribution in [0.2, 0.25) is 0 Å². The number of aryl methyl sites for hydroxylation is 2. The topological polar surface area (TPSA) is 54.0 Å². The number of urea groups is 1. The van der Waals surface area contributed by atoms with E-state index in [9.17, 15) is 4.79 Å². The Bertz CT molecular complexity index is 615. The third-order valence-electron chi connectivity index (χ3n) is 2.61. The molecule has 2 rings (SSSR count). The largest absolute Gasteiger partial charge is 0.325 e. The van der Waals surface area contributed by atoms with Gasteiger partial charge in [-0.1, -0.05) is 28.1 Å². The molecule has 1 aromatic carbocycles. The van der Waals surface area contributed by atoms with Crippen LogP contribution in [0.25, 0.3) is 6.08 Å². The first-order valence-electron chi connectivity index (χ1n) is 5.98. The summed E-state index contributed by atoms with van der Waals surface area (Å²) >= 11 is 4.83. The molecule has 0 atom stereocenters. The van der Waals surface area contributed by atoms with Crippen molar-refractivity contribution in [3.63, 3.8) is 0 Å². The van der Waals surface area contributed by atoms with Crippen LogP contribution in [0.5, 0.6) is 0 Å². The Morgan fingerprint density at radius 3 is 2.60 bits per heavy atom. The number of rotatable bonds is 3. The summed E-state index contributed by atoms with van der Waals surface area (Å²) in [5.74, 6) is 0. The molecule has 0 aliphatic carbocycles. The Morgan fingerprint density at radius 1 is 1.30 bits per heavy atom. The van der Waals surface area contributed by atoms with E-state index in [1.54, 1.807) is 6.20 Å². The van der Waals surface area contributed by atoms with Crippen LogP contribution in [0.4, 0.5) is 9.93 Å². The minimum Gasteiger partial charge on any atom is -0.314 e. The van der Waals surface area contributed by atoms with Gasteiger partial charge in [0, 0.05) is 15.5 Å². The highest BCUT2D eigenvalue weighted by atomic mass is 79.9. The van der Waals surface area contributed by atoms with Gasteiger partial charge >= 0.3 is 6.03 Å². The van der Waals surface area contributed by atoms with Crippen LogP contribution in [0, 0.1) is 13.8 Å². The number of carbonyl (C=O) groups excluding carboxylic acids is 1. The molecule has 2 amide bonds. The molecule has 0 fully saturated rings. The number of halogens is 1. The molecule has 1 aromatic heterocycles. The van der Waals surface area contributed by atoms with Crippen molar-refractivity contribution in [2.45, 2.75) is 13.8 Å². The van der Waals surface area contributed by atoms with Crippen molar-refractivity contribution >= 4 is 44.5 Å². The van der Waals surface area contributed by atoms with Crippen molar-refractivity contribution in [1.82, 2.24) is 10.3 Å².